The number of nitrogens with zero attached hydrogens (tertiary/aromatic N) is 1. The minimum atomic E-state index is -0.787. The molecule has 1 amide bonds. The molecule has 0 saturated heterocycles. The van der Waals surface area contributed by atoms with E-state index in [1.165, 1.54) is 7.11 Å². The van der Waals surface area contributed by atoms with Gasteiger partial charge in [0.05, 0.1) is 7.11 Å². The maximum atomic E-state index is 11.8. The van der Waals surface area contributed by atoms with E-state index in [9.17, 15) is 14.9 Å². The first-order valence-corrected chi connectivity index (χ1v) is 6.46. The third-order valence-corrected chi connectivity index (χ3v) is 2.52. The van der Waals surface area contributed by atoms with Gasteiger partial charge in [-0.25, -0.2) is 4.79 Å². The number of nitro groups is 1. The number of carbonyl (C=O) groups is 1. The molecule has 0 unspecified atom stereocenters. The fraction of sp³-hybridized carbons (Fsp3) is 0.500. The Hall–Kier alpha value is -2.31. The van der Waals surface area contributed by atoms with E-state index in [2.05, 4.69) is 5.32 Å². The van der Waals surface area contributed by atoms with Crippen molar-refractivity contribution in [1.82, 2.24) is 5.32 Å². The van der Waals surface area contributed by atoms with Gasteiger partial charge in [0.15, 0.2) is 0 Å². The number of hydrogen-bond acceptors (Lipinski definition) is 5. The maximum Gasteiger partial charge on any atom is 0.408 e. The summed E-state index contributed by atoms with van der Waals surface area (Å²) in [6, 6.07) is 5.97. The molecule has 1 aromatic carbocycles. The predicted octanol–water partition coefficient (Wildman–Crippen LogP) is 2.54. The number of benzene rings is 1. The highest BCUT2D eigenvalue weighted by atomic mass is 16.6. The van der Waals surface area contributed by atoms with Gasteiger partial charge in [0.25, 0.3) is 0 Å². The van der Waals surface area contributed by atoms with Gasteiger partial charge in [-0.2, -0.15) is 0 Å². The van der Waals surface area contributed by atoms with Gasteiger partial charge in [-0.05, 0) is 38.5 Å². The molecule has 0 aromatic heterocycles. The van der Waals surface area contributed by atoms with Gasteiger partial charge in [-0.3, -0.25) is 10.1 Å². The van der Waals surface area contributed by atoms with Gasteiger partial charge in [0.1, 0.15) is 17.4 Å². The topological polar surface area (TPSA) is 90.7 Å². The van der Waals surface area contributed by atoms with Gasteiger partial charge < -0.3 is 14.8 Å². The standard InChI is InChI=1S/C14H20N2O5/c1-14(2,3)21-13(17)15-12(9-16(18)19)10-6-5-7-11(8-10)20-4/h5-8,12H,9H2,1-4H3,(H,15,17)/t12-/m1/s1. The van der Waals surface area contributed by atoms with Crippen LogP contribution < -0.4 is 10.1 Å². The monoisotopic (exact) mass is 296 g/mol. The van der Waals surface area contributed by atoms with Crippen LogP contribution in [0.3, 0.4) is 0 Å². The van der Waals surface area contributed by atoms with Crippen molar-refractivity contribution in [2.75, 3.05) is 13.7 Å². The molecular weight excluding hydrogens is 276 g/mol. The van der Waals surface area contributed by atoms with Gasteiger partial charge in [-0.1, -0.05) is 12.1 Å². The van der Waals surface area contributed by atoms with Crippen LogP contribution in [-0.2, 0) is 4.74 Å². The van der Waals surface area contributed by atoms with E-state index in [1.54, 1.807) is 45.0 Å². The summed E-state index contributed by atoms with van der Waals surface area (Å²) in [6.45, 7) is 4.73. The molecule has 1 N–H and O–H groups in total. The van der Waals surface area contributed by atoms with E-state index < -0.39 is 29.2 Å². The average Bonchev–Trinajstić information content (AvgIpc) is 2.35. The van der Waals surface area contributed by atoms with Crippen LogP contribution in [0.25, 0.3) is 0 Å². The van der Waals surface area contributed by atoms with Crippen molar-refractivity contribution >= 4 is 6.09 Å². The van der Waals surface area contributed by atoms with E-state index in [0.29, 0.717) is 11.3 Å². The molecule has 0 aliphatic carbocycles. The molecule has 0 fully saturated rings. The summed E-state index contributed by atoms with van der Waals surface area (Å²) in [7, 11) is 1.50. The van der Waals surface area contributed by atoms with Crippen LogP contribution in [0.1, 0.15) is 32.4 Å². The third kappa shape index (κ3) is 6.11. The largest absolute Gasteiger partial charge is 0.497 e. The van der Waals surface area contributed by atoms with Crippen LogP contribution in [0.15, 0.2) is 24.3 Å². The molecule has 1 aromatic rings. The molecular formula is C14H20N2O5. The highest BCUT2D eigenvalue weighted by molar-refractivity contribution is 5.68. The Morgan fingerprint density at radius 3 is 2.62 bits per heavy atom. The zero-order valence-corrected chi connectivity index (χ0v) is 12.6. The normalized spacial score (nSPS) is 12.4. The summed E-state index contributed by atoms with van der Waals surface area (Å²) in [5.74, 6) is 0.562. The molecule has 0 saturated carbocycles. The highest BCUT2D eigenvalue weighted by Gasteiger charge is 2.24. The summed E-state index contributed by atoms with van der Waals surface area (Å²) >= 11 is 0. The number of rotatable bonds is 5. The maximum absolute atomic E-state index is 11.8. The van der Waals surface area contributed by atoms with Crippen molar-refractivity contribution in [3.05, 3.63) is 39.9 Å². The van der Waals surface area contributed by atoms with E-state index in [0.717, 1.165) is 0 Å². The quantitative estimate of drug-likeness (QED) is 0.666. The van der Waals surface area contributed by atoms with Crippen LogP contribution in [0, 0.1) is 10.1 Å². The number of hydrogen-bond donors (Lipinski definition) is 1. The first-order chi connectivity index (χ1) is 9.71. The predicted molar refractivity (Wildman–Crippen MR) is 77.0 cm³/mol. The summed E-state index contributed by atoms with van der Waals surface area (Å²) in [5, 5.41) is 13.3. The first-order valence-electron chi connectivity index (χ1n) is 6.46. The molecule has 0 radical (unpaired) electrons. The molecule has 0 heterocycles. The first kappa shape index (κ1) is 16.7. The lowest BCUT2D eigenvalue weighted by Crippen LogP contribution is -2.37. The molecule has 21 heavy (non-hydrogen) atoms. The number of ether oxygens (including phenoxy) is 2. The lowest BCUT2D eigenvalue weighted by Gasteiger charge is -2.22. The van der Waals surface area contributed by atoms with Gasteiger partial charge in [-0.15, -0.1) is 0 Å². The summed E-state index contributed by atoms with van der Waals surface area (Å²) in [5.41, 5.74) is -0.0885. The third-order valence-electron chi connectivity index (χ3n) is 2.52. The molecule has 0 aliphatic heterocycles. The Morgan fingerprint density at radius 1 is 1.43 bits per heavy atom. The molecule has 0 bridgehead atoms. The molecule has 7 nitrogen and oxygen atoms in total. The van der Waals surface area contributed by atoms with Crippen molar-refractivity contribution in [3.63, 3.8) is 0 Å². The Kier molecular flexibility index (Phi) is 5.52. The summed E-state index contributed by atoms with van der Waals surface area (Å²) in [6.07, 6.45) is -0.697. The fourth-order valence-electron chi connectivity index (χ4n) is 1.69. The van der Waals surface area contributed by atoms with Crippen LogP contribution in [0.2, 0.25) is 0 Å². The second kappa shape index (κ2) is 6.92. The van der Waals surface area contributed by atoms with E-state index in [-0.39, 0.29) is 0 Å². The highest BCUT2D eigenvalue weighted by Crippen LogP contribution is 2.20. The minimum absolute atomic E-state index is 0.438. The van der Waals surface area contributed by atoms with E-state index >= 15 is 0 Å². The Morgan fingerprint density at radius 2 is 2.10 bits per heavy atom. The molecule has 116 valence electrons. The van der Waals surface area contributed by atoms with Crippen molar-refractivity contribution in [2.45, 2.75) is 32.4 Å². The molecule has 1 atom stereocenters. The van der Waals surface area contributed by atoms with Gasteiger partial charge >= 0.3 is 6.09 Å². The Balaban J connectivity index is 2.89. The van der Waals surface area contributed by atoms with Crippen LogP contribution in [0.4, 0.5) is 4.79 Å². The zero-order chi connectivity index (χ0) is 16.0. The number of carbonyl (C=O) groups excluding carboxylic acids is 1. The SMILES string of the molecule is COc1cccc([C@@H](C[N+](=O)[O-])NC(=O)OC(C)(C)C)c1. The van der Waals surface area contributed by atoms with Crippen LogP contribution in [-0.4, -0.2) is 30.3 Å². The number of alkyl carbamates (subject to hydrolysis) is 1. The van der Waals surface area contributed by atoms with E-state index in [4.69, 9.17) is 9.47 Å². The van der Waals surface area contributed by atoms with Crippen molar-refractivity contribution < 1.29 is 19.2 Å². The average molecular weight is 296 g/mol. The van der Waals surface area contributed by atoms with Crippen LogP contribution in [0.5, 0.6) is 5.75 Å². The summed E-state index contributed by atoms with van der Waals surface area (Å²) < 4.78 is 10.2. The Labute approximate surface area is 123 Å². The number of amides is 1. The molecule has 7 heteroatoms. The van der Waals surface area contributed by atoms with Gasteiger partial charge in [0, 0.05) is 4.92 Å². The smallest absolute Gasteiger partial charge is 0.408 e. The van der Waals surface area contributed by atoms with Crippen molar-refractivity contribution in [3.8, 4) is 5.75 Å². The van der Waals surface area contributed by atoms with Crippen molar-refractivity contribution in [2.24, 2.45) is 0 Å². The van der Waals surface area contributed by atoms with Gasteiger partial charge in [0.2, 0.25) is 6.54 Å². The van der Waals surface area contributed by atoms with Crippen LogP contribution >= 0.6 is 0 Å². The zero-order valence-electron chi connectivity index (χ0n) is 12.6. The molecule has 1 rings (SSSR count). The lowest BCUT2D eigenvalue weighted by molar-refractivity contribution is -0.484. The molecule has 0 aliphatic rings. The molecule has 0 spiro atoms. The Bertz CT molecular complexity index is 510. The second-order valence-electron chi connectivity index (χ2n) is 5.49. The fourth-order valence-corrected chi connectivity index (χ4v) is 1.69. The number of nitrogens with one attached hydrogen (secondary N) is 1. The second-order valence-corrected chi connectivity index (χ2v) is 5.49. The van der Waals surface area contributed by atoms with E-state index in [1.807, 2.05) is 0 Å². The van der Waals surface area contributed by atoms with Crippen molar-refractivity contribution in [1.29, 1.82) is 0 Å². The number of methoxy groups -OCH3 is 1. The minimum Gasteiger partial charge on any atom is -0.497 e. The lowest BCUT2D eigenvalue weighted by atomic mass is 10.1. The summed E-state index contributed by atoms with van der Waals surface area (Å²) in [4.78, 5) is 22.1.